The molecule has 1 aliphatic heterocycles. The van der Waals surface area contributed by atoms with Gasteiger partial charge in [0.05, 0.1) is 27.8 Å². The first-order valence-corrected chi connectivity index (χ1v) is 8.94. The van der Waals surface area contributed by atoms with Crippen LogP contribution in [-0.4, -0.2) is 26.8 Å². The Morgan fingerprint density at radius 1 is 1.31 bits per heavy atom. The van der Waals surface area contributed by atoms with Crippen LogP contribution in [0.3, 0.4) is 0 Å². The summed E-state index contributed by atoms with van der Waals surface area (Å²) in [6, 6.07) is 10.5. The lowest BCUT2D eigenvalue weighted by Crippen LogP contribution is -2.33. The van der Waals surface area contributed by atoms with Crippen molar-refractivity contribution >= 4 is 27.5 Å². The molecule has 9 heteroatoms. The van der Waals surface area contributed by atoms with Gasteiger partial charge in [-0.25, -0.2) is 13.1 Å². The molecule has 0 radical (unpaired) electrons. The number of fused-ring (bicyclic) bond motifs is 1. The van der Waals surface area contributed by atoms with Crippen LogP contribution in [0.2, 0.25) is 0 Å². The number of ether oxygens (including phenoxy) is 1. The molecule has 0 spiro atoms. The van der Waals surface area contributed by atoms with Gasteiger partial charge in [-0.15, -0.1) is 0 Å². The first kappa shape index (κ1) is 17.4. The molecule has 26 heavy (non-hydrogen) atoms. The molecule has 0 aromatic heterocycles. The smallest absolute Gasteiger partial charge is 0.268 e. The van der Waals surface area contributed by atoms with Crippen LogP contribution in [0.4, 0.5) is 5.69 Å². The van der Waals surface area contributed by atoms with Gasteiger partial charge < -0.3 is 10.1 Å². The van der Waals surface area contributed by atoms with E-state index >= 15 is 0 Å². The number of carbonyl (C=O) groups is 2. The first-order chi connectivity index (χ1) is 12.3. The number of benzene rings is 2. The van der Waals surface area contributed by atoms with Crippen molar-refractivity contribution < 1.29 is 22.7 Å². The van der Waals surface area contributed by atoms with Gasteiger partial charge in [0.15, 0.2) is 12.4 Å². The SMILES string of the molecule is Cc1ccc(C#N)cc1S(=O)(=O)NC(=O)c1cccc2c1OCC(=O)N2. The summed E-state index contributed by atoms with van der Waals surface area (Å²) < 4.78 is 32.4. The van der Waals surface area contributed by atoms with Crippen molar-refractivity contribution in [3.8, 4) is 11.8 Å². The minimum absolute atomic E-state index is 0.0276. The number of nitrogens with one attached hydrogen (secondary N) is 2. The number of rotatable bonds is 3. The Morgan fingerprint density at radius 3 is 2.81 bits per heavy atom. The molecular weight excluding hydrogens is 358 g/mol. The first-order valence-electron chi connectivity index (χ1n) is 7.45. The van der Waals surface area contributed by atoms with Crippen molar-refractivity contribution in [3.63, 3.8) is 0 Å². The van der Waals surface area contributed by atoms with Crippen LogP contribution >= 0.6 is 0 Å². The number of para-hydroxylation sites is 1. The molecule has 2 aromatic carbocycles. The Morgan fingerprint density at radius 2 is 2.08 bits per heavy atom. The molecule has 2 aromatic rings. The monoisotopic (exact) mass is 371 g/mol. The number of hydrogen-bond acceptors (Lipinski definition) is 6. The van der Waals surface area contributed by atoms with Gasteiger partial charge in [0.1, 0.15) is 0 Å². The zero-order chi connectivity index (χ0) is 18.9. The highest BCUT2D eigenvalue weighted by molar-refractivity contribution is 7.90. The predicted octanol–water partition coefficient (Wildman–Crippen LogP) is 1.32. The molecule has 1 aliphatic rings. The van der Waals surface area contributed by atoms with Crippen LogP contribution in [0.5, 0.6) is 5.75 Å². The Labute approximate surface area is 149 Å². The summed E-state index contributed by atoms with van der Waals surface area (Å²) in [4.78, 5) is 23.7. The number of hydrogen-bond donors (Lipinski definition) is 2. The van der Waals surface area contributed by atoms with E-state index in [-0.39, 0.29) is 40.0 Å². The van der Waals surface area contributed by atoms with E-state index in [1.807, 2.05) is 10.8 Å². The number of nitriles is 1. The minimum Gasteiger partial charge on any atom is -0.481 e. The van der Waals surface area contributed by atoms with E-state index in [1.54, 1.807) is 6.92 Å². The minimum atomic E-state index is -4.20. The second-order valence-electron chi connectivity index (χ2n) is 5.55. The van der Waals surface area contributed by atoms with Crippen molar-refractivity contribution in [2.24, 2.45) is 0 Å². The van der Waals surface area contributed by atoms with E-state index in [0.717, 1.165) is 0 Å². The van der Waals surface area contributed by atoms with Crippen LogP contribution in [-0.2, 0) is 14.8 Å². The van der Waals surface area contributed by atoms with Crippen LogP contribution < -0.4 is 14.8 Å². The maximum absolute atomic E-state index is 12.6. The van der Waals surface area contributed by atoms with Crippen LogP contribution in [0, 0.1) is 18.3 Å². The summed E-state index contributed by atoms with van der Waals surface area (Å²) in [5.41, 5.74) is 0.809. The van der Waals surface area contributed by atoms with Gasteiger partial charge in [-0.3, -0.25) is 9.59 Å². The van der Waals surface area contributed by atoms with Gasteiger partial charge in [-0.05, 0) is 36.8 Å². The molecule has 8 nitrogen and oxygen atoms in total. The lowest BCUT2D eigenvalue weighted by Gasteiger charge is -2.20. The summed E-state index contributed by atoms with van der Waals surface area (Å²) in [6.07, 6.45) is 0. The quantitative estimate of drug-likeness (QED) is 0.838. The van der Waals surface area contributed by atoms with Crippen molar-refractivity contribution in [1.29, 1.82) is 5.26 Å². The van der Waals surface area contributed by atoms with E-state index < -0.39 is 15.9 Å². The predicted molar refractivity (Wildman–Crippen MR) is 91.1 cm³/mol. The lowest BCUT2D eigenvalue weighted by atomic mass is 10.1. The summed E-state index contributed by atoms with van der Waals surface area (Å²) in [5.74, 6) is -1.17. The number of carbonyl (C=O) groups excluding carboxylic acids is 2. The Bertz CT molecular complexity index is 1070. The molecule has 0 saturated carbocycles. The third kappa shape index (κ3) is 3.22. The van der Waals surface area contributed by atoms with Crippen molar-refractivity contribution in [2.45, 2.75) is 11.8 Å². The molecule has 0 unspecified atom stereocenters. The van der Waals surface area contributed by atoms with Gasteiger partial charge in [-0.1, -0.05) is 12.1 Å². The fraction of sp³-hybridized carbons (Fsp3) is 0.118. The molecule has 0 atom stereocenters. The number of anilines is 1. The van der Waals surface area contributed by atoms with Gasteiger partial charge in [-0.2, -0.15) is 5.26 Å². The van der Waals surface area contributed by atoms with Crippen LogP contribution in [0.15, 0.2) is 41.3 Å². The molecule has 0 fully saturated rings. The summed E-state index contributed by atoms with van der Waals surface area (Å²) in [7, 11) is -4.20. The summed E-state index contributed by atoms with van der Waals surface area (Å²) in [6.45, 7) is 1.29. The summed E-state index contributed by atoms with van der Waals surface area (Å²) >= 11 is 0. The Kier molecular flexibility index (Phi) is 4.36. The molecule has 1 heterocycles. The highest BCUT2D eigenvalue weighted by Crippen LogP contribution is 2.31. The molecule has 0 aliphatic carbocycles. The van der Waals surface area contributed by atoms with E-state index in [4.69, 9.17) is 10.00 Å². The second kappa shape index (κ2) is 6.50. The van der Waals surface area contributed by atoms with E-state index in [0.29, 0.717) is 5.56 Å². The molecule has 0 bridgehead atoms. The lowest BCUT2D eigenvalue weighted by molar-refractivity contribution is -0.118. The van der Waals surface area contributed by atoms with Gasteiger partial charge in [0.2, 0.25) is 0 Å². The highest BCUT2D eigenvalue weighted by Gasteiger charge is 2.26. The van der Waals surface area contributed by atoms with Crippen molar-refractivity contribution in [2.75, 3.05) is 11.9 Å². The summed E-state index contributed by atoms with van der Waals surface area (Å²) in [5, 5.41) is 11.5. The average Bonchev–Trinajstić information content (AvgIpc) is 2.60. The molecule has 132 valence electrons. The zero-order valence-electron chi connectivity index (χ0n) is 13.6. The van der Waals surface area contributed by atoms with Crippen molar-refractivity contribution in [1.82, 2.24) is 4.72 Å². The molecular formula is C17H13N3O5S. The molecule has 2 N–H and O–H groups in total. The normalized spacial score (nSPS) is 13.0. The number of sulfonamides is 1. The van der Waals surface area contributed by atoms with Crippen LogP contribution in [0.1, 0.15) is 21.5 Å². The molecule has 2 amide bonds. The maximum Gasteiger partial charge on any atom is 0.268 e. The van der Waals surface area contributed by atoms with Gasteiger partial charge >= 0.3 is 0 Å². The van der Waals surface area contributed by atoms with Gasteiger partial charge in [0.25, 0.3) is 21.8 Å². The Balaban J connectivity index is 1.95. The standard InChI is InChI=1S/C17H13N3O5S/c1-10-5-6-11(8-18)7-14(10)26(23,24)20-17(22)12-3-2-4-13-16(12)25-9-15(21)19-13/h2-7H,9H2,1H3,(H,19,21)(H,20,22). The fourth-order valence-electron chi connectivity index (χ4n) is 2.48. The largest absolute Gasteiger partial charge is 0.481 e. The number of nitrogens with zero attached hydrogens (tertiary/aromatic N) is 1. The maximum atomic E-state index is 12.6. The zero-order valence-corrected chi connectivity index (χ0v) is 14.4. The number of amides is 2. The molecule has 0 saturated heterocycles. The highest BCUT2D eigenvalue weighted by atomic mass is 32.2. The van der Waals surface area contributed by atoms with Crippen molar-refractivity contribution in [3.05, 3.63) is 53.1 Å². The third-order valence-corrected chi connectivity index (χ3v) is 5.19. The van der Waals surface area contributed by atoms with E-state index in [9.17, 15) is 18.0 Å². The topological polar surface area (TPSA) is 125 Å². The second-order valence-corrected chi connectivity index (χ2v) is 7.20. The number of aryl methyl sites for hydroxylation is 1. The van der Waals surface area contributed by atoms with Crippen LogP contribution in [0.25, 0.3) is 0 Å². The molecule has 3 rings (SSSR count). The fourth-order valence-corrected chi connectivity index (χ4v) is 3.72. The van der Waals surface area contributed by atoms with E-state index in [2.05, 4.69) is 5.32 Å². The third-order valence-electron chi connectivity index (χ3n) is 3.72. The van der Waals surface area contributed by atoms with Gasteiger partial charge in [0, 0.05) is 0 Å². The Hall–Kier alpha value is -3.38. The van der Waals surface area contributed by atoms with E-state index in [1.165, 1.54) is 36.4 Å². The average molecular weight is 371 g/mol.